The predicted octanol–water partition coefficient (Wildman–Crippen LogP) is 0.924. The number of aromatic nitrogens is 1. The van der Waals surface area contributed by atoms with Crippen LogP contribution in [0.1, 0.15) is 5.69 Å². The van der Waals surface area contributed by atoms with Gasteiger partial charge >= 0.3 is 0 Å². The second-order valence-corrected chi connectivity index (χ2v) is 5.91. The van der Waals surface area contributed by atoms with Gasteiger partial charge in [0.2, 0.25) is 16.8 Å². The summed E-state index contributed by atoms with van der Waals surface area (Å²) in [5.41, 5.74) is 0.693. The highest BCUT2D eigenvalue weighted by atomic mass is 32.2. The molecule has 0 saturated heterocycles. The zero-order valence-corrected chi connectivity index (χ0v) is 11.2. The summed E-state index contributed by atoms with van der Waals surface area (Å²) < 4.78 is 41.8. The van der Waals surface area contributed by atoms with Crippen LogP contribution in [0.15, 0.2) is 40.2 Å². The van der Waals surface area contributed by atoms with Crippen LogP contribution in [0.5, 0.6) is 11.5 Å². The first-order chi connectivity index (χ1) is 9.65. The molecular weight excluding hydrogens is 284 g/mol. The Bertz CT molecular complexity index is 697. The van der Waals surface area contributed by atoms with Crippen LogP contribution < -0.4 is 14.2 Å². The monoisotopic (exact) mass is 296 g/mol. The topological polar surface area (TPSA) is 90.7 Å². The van der Waals surface area contributed by atoms with Crippen molar-refractivity contribution >= 4 is 10.0 Å². The number of hydrogen-bond donors (Lipinski definition) is 1. The van der Waals surface area contributed by atoms with Gasteiger partial charge in [-0.15, -0.1) is 0 Å². The molecular formula is C12H12N2O5S. The average molecular weight is 296 g/mol. The minimum Gasteiger partial charge on any atom is -0.454 e. The van der Waals surface area contributed by atoms with Crippen LogP contribution in [0.2, 0.25) is 0 Å². The fraction of sp³-hybridized carbons (Fsp3) is 0.250. The van der Waals surface area contributed by atoms with E-state index in [4.69, 9.17) is 13.9 Å². The van der Waals surface area contributed by atoms with Crippen molar-refractivity contribution in [2.45, 2.75) is 11.3 Å². The summed E-state index contributed by atoms with van der Waals surface area (Å²) in [6, 6.07) is 4.50. The molecule has 0 unspecified atom stereocenters. The van der Waals surface area contributed by atoms with Gasteiger partial charge in [-0.1, -0.05) is 0 Å². The first-order valence-electron chi connectivity index (χ1n) is 5.91. The van der Waals surface area contributed by atoms with E-state index in [-0.39, 0.29) is 18.2 Å². The molecule has 0 spiro atoms. The molecule has 0 atom stereocenters. The molecule has 0 amide bonds. The largest absolute Gasteiger partial charge is 0.454 e. The Morgan fingerprint density at radius 1 is 1.25 bits per heavy atom. The average Bonchev–Trinajstić information content (AvgIpc) is 3.08. The van der Waals surface area contributed by atoms with Crippen LogP contribution in [0.25, 0.3) is 0 Å². The Labute approximate surface area is 115 Å². The number of hydrogen-bond acceptors (Lipinski definition) is 6. The number of nitrogens with one attached hydrogen (secondary N) is 1. The quantitative estimate of drug-likeness (QED) is 0.882. The minimum atomic E-state index is -3.58. The highest BCUT2D eigenvalue weighted by Gasteiger charge is 2.19. The van der Waals surface area contributed by atoms with Crippen LogP contribution in [0, 0.1) is 0 Å². The maximum absolute atomic E-state index is 12.1. The first kappa shape index (κ1) is 12.9. The molecule has 1 aliphatic rings. The molecule has 1 aromatic carbocycles. The molecule has 0 bridgehead atoms. The van der Waals surface area contributed by atoms with Gasteiger partial charge in [-0.2, -0.15) is 0 Å². The Balaban J connectivity index is 1.68. The van der Waals surface area contributed by atoms with E-state index in [1.807, 2.05) is 0 Å². The molecule has 8 heteroatoms. The van der Waals surface area contributed by atoms with Crippen molar-refractivity contribution in [3.8, 4) is 11.5 Å². The predicted molar refractivity (Wildman–Crippen MR) is 68.0 cm³/mol. The van der Waals surface area contributed by atoms with Gasteiger partial charge in [-0.3, -0.25) is 0 Å². The number of ether oxygens (including phenoxy) is 2. The minimum absolute atomic E-state index is 0.110. The molecule has 7 nitrogen and oxygen atoms in total. The van der Waals surface area contributed by atoms with Gasteiger partial charge in [-0.05, 0) is 12.1 Å². The number of benzene rings is 1. The van der Waals surface area contributed by atoms with Gasteiger partial charge < -0.3 is 13.9 Å². The molecule has 0 saturated carbocycles. The Morgan fingerprint density at radius 3 is 2.90 bits per heavy atom. The van der Waals surface area contributed by atoms with Crippen molar-refractivity contribution in [2.24, 2.45) is 0 Å². The standard InChI is InChI=1S/C12H12N2O5S/c15-20(16,14-4-3-9-6-17-7-13-9)10-1-2-11-12(5-10)19-8-18-11/h1-2,5-7,14H,3-4,8H2. The van der Waals surface area contributed by atoms with Crippen molar-refractivity contribution < 1.29 is 22.3 Å². The van der Waals surface area contributed by atoms with E-state index in [0.717, 1.165) is 0 Å². The summed E-state index contributed by atoms with van der Waals surface area (Å²) in [7, 11) is -3.58. The Hall–Kier alpha value is -2.06. The number of rotatable bonds is 5. The lowest BCUT2D eigenvalue weighted by Gasteiger charge is -2.06. The third kappa shape index (κ3) is 2.61. The summed E-state index contributed by atoms with van der Waals surface area (Å²) in [5, 5.41) is 0. The normalized spacial score (nSPS) is 13.6. The highest BCUT2D eigenvalue weighted by molar-refractivity contribution is 7.89. The molecule has 1 N–H and O–H groups in total. The number of oxazole rings is 1. The summed E-state index contributed by atoms with van der Waals surface area (Å²) >= 11 is 0. The smallest absolute Gasteiger partial charge is 0.240 e. The molecule has 3 rings (SSSR count). The summed E-state index contributed by atoms with van der Waals surface area (Å²) in [4.78, 5) is 4.06. The van der Waals surface area contributed by atoms with Crippen molar-refractivity contribution in [3.05, 3.63) is 36.5 Å². The van der Waals surface area contributed by atoms with E-state index in [1.165, 1.54) is 24.8 Å². The van der Waals surface area contributed by atoms with E-state index in [0.29, 0.717) is 23.6 Å². The van der Waals surface area contributed by atoms with Crippen molar-refractivity contribution in [1.82, 2.24) is 9.71 Å². The van der Waals surface area contributed by atoms with Crippen molar-refractivity contribution in [1.29, 1.82) is 0 Å². The van der Waals surface area contributed by atoms with E-state index in [9.17, 15) is 8.42 Å². The van der Waals surface area contributed by atoms with Gasteiger partial charge in [0.15, 0.2) is 17.9 Å². The van der Waals surface area contributed by atoms with Crippen LogP contribution in [0.3, 0.4) is 0 Å². The lowest BCUT2D eigenvalue weighted by Crippen LogP contribution is -2.26. The summed E-state index contributed by atoms with van der Waals surface area (Å²) in [6.07, 6.45) is 3.25. The SMILES string of the molecule is O=S(=O)(NCCc1cocn1)c1ccc2c(c1)OCO2. The van der Waals surface area contributed by atoms with E-state index >= 15 is 0 Å². The second-order valence-electron chi connectivity index (χ2n) is 4.14. The van der Waals surface area contributed by atoms with Gasteiger partial charge in [0.05, 0.1) is 10.6 Å². The van der Waals surface area contributed by atoms with E-state index < -0.39 is 10.0 Å². The molecule has 20 heavy (non-hydrogen) atoms. The van der Waals surface area contributed by atoms with Gasteiger partial charge in [0.25, 0.3) is 0 Å². The van der Waals surface area contributed by atoms with Crippen LogP contribution in [-0.2, 0) is 16.4 Å². The summed E-state index contributed by atoms with van der Waals surface area (Å²) in [5.74, 6) is 0.982. The van der Waals surface area contributed by atoms with Crippen LogP contribution in [0.4, 0.5) is 0 Å². The Kier molecular flexibility index (Phi) is 3.33. The maximum atomic E-state index is 12.1. The fourth-order valence-corrected chi connectivity index (χ4v) is 2.85. The molecule has 2 aromatic rings. The van der Waals surface area contributed by atoms with Gasteiger partial charge in [0.1, 0.15) is 6.26 Å². The number of fused-ring (bicyclic) bond motifs is 1. The third-order valence-electron chi connectivity index (χ3n) is 2.81. The Morgan fingerprint density at radius 2 is 2.10 bits per heavy atom. The number of sulfonamides is 1. The lowest BCUT2D eigenvalue weighted by molar-refractivity contribution is 0.174. The lowest BCUT2D eigenvalue weighted by atomic mass is 10.3. The fourth-order valence-electron chi connectivity index (χ4n) is 1.80. The third-order valence-corrected chi connectivity index (χ3v) is 4.27. The first-order valence-corrected chi connectivity index (χ1v) is 7.40. The molecule has 1 aromatic heterocycles. The molecule has 0 aliphatic carbocycles. The van der Waals surface area contributed by atoms with Gasteiger partial charge in [-0.25, -0.2) is 18.1 Å². The maximum Gasteiger partial charge on any atom is 0.240 e. The van der Waals surface area contributed by atoms with Crippen molar-refractivity contribution in [2.75, 3.05) is 13.3 Å². The van der Waals surface area contributed by atoms with Crippen LogP contribution >= 0.6 is 0 Å². The zero-order valence-electron chi connectivity index (χ0n) is 10.4. The van der Waals surface area contributed by atoms with E-state index in [1.54, 1.807) is 6.07 Å². The summed E-state index contributed by atoms with van der Waals surface area (Å²) in [6.45, 7) is 0.349. The molecule has 106 valence electrons. The van der Waals surface area contributed by atoms with E-state index in [2.05, 4.69) is 9.71 Å². The number of nitrogens with zero attached hydrogens (tertiary/aromatic N) is 1. The zero-order chi connectivity index (χ0) is 14.0. The highest BCUT2D eigenvalue weighted by Crippen LogP contribution is 2.33. The molecule has 0 radical (unpaired) electrons. The van der Waals surface area contributed by atoms with Crippen LogP contribution in [-0.4, -0.2) is 26.7 Å². The molecule has 1 aliphatic heterocycles. The molecule has 2 heterocycles. The van der Waals surface area contributed by atoms with Gasteiger partial charge in [0, 0.05) is 19.0 Å². The van der Waals surface area contributed by atoms with Crippen molar-refractivity contribution in [3.63, 3.8) is 0 Å². The second kappa shape index (κ2) is 5.14. The molecule has 0 fully saturated rings.